The van der Waals surface area contributed by atoms with Gasteiger partial charge in [-0.3, -0.25) is 9.59 Å². The second-order valence-electron chi connectivity index (χ2n) is 6.71. The molecule has 0 amide bonds. The number of carboxylic acids is 1. The number of carbonyl (C=O) groups excluding carboxylic acids is 1. The van der Waals surface area contributed by atoms with Crippen molar-refractivity contribution in [1.29, 1.82) is 0 Å². The normalized spacial score (nSPS) is 28.8. The van der Waals surface area contributed by atoms with Crippen molar-refractivity contribution in [1.82, 2.24) is 0 Å². The maximum Gasteiger partial charge on any atom is 0.308 e. The average molecular weight is 298 g/mol. The number of ether oxygens (including phenoxy) is 1. The van der Waals surface area contributed by atoms with Crippen LogP contribution in [0, 0.1) is 17.3 Å². The molecule has 2 rings (SSSR count). The van der Waals surface area contributed by atoms with Crippen LogP contribution in [0.2, 0.25) is 0 Å². The minimum Gasteiger partial charge on any atom is -0.481 e. The van der Waals surface area contributed by atoms with E-state index in [1.165, 1.54) is 6.42 Å². The lowest BCUT2D eigenvalue weighted by molar-refractivity contribution is -0.157. The maximum absolute atomic E-state index is 12.1. The number of rotatable bonds is 5. The predicted octanol–water partition coefficient (Wildman–Crippen LogP) is 2.36. The number of hydrogen-bond donors (Lipinski definition) is 2. The molecule has 5 nitrogen and oxygen atoms in total. The molecule has 0 saturated heterocycles. The van der Waals surface area contributed by atoms with Crippen LogP contribution in [0.25, 0.3) is 0 Å². The van der Waals surface area contributed by atoms with Crippen LogP contribution < -0.4 is 0 Å². The van der Waals surface area contributed by atoms with E-state index in [1.54, 1.807) is 0 Å². The quantitative estimate of drug-likeness (QED) is 0.761. The minimum atomic E-state index is -0.761. The van der Waals surface area contributed by atoms with Gasteiger partial charge in [0.1, 0.15) is 0 Å². The highest BCUT2D eigenvalue weighted by molar-refractivity contribution is 5.74. The van der Waals surface area contributed by atoms with E-state index in [0.29, 0.717) is 32.3 Å². The third-order valence-corrected chi connectivity index (χ3v) is 5.18. The fraction of sp³-hybridized carbons (Fsp3) is 0.875. The molecule has 2 aliphatic rings. The van der Waals surface area contributed by atoms with Gasteiger partial charge in [-0.15, -0.1) is 0 Å². The molecule has 0 spiro atoms. The summed E-state index contributed by atoms with van der Waals surface area (Å²) < 4.78 is 5.46. The first-order valence-electron chi connectivity index (χ1n) is 8.07. The van der Waals surface area contributed by atoms with Gasteiger partial charge < -0.3 is 14.9 Å². The molecule has 0 unspecified atom stereocenters. The van der Waals surface area contributed by atoms with Crippen LogP contribution in [0.15, 0.2) is 0 Å². The first-order chi connectivity index (χ1) is 10.1. The highest BCUT2D eigenvalue weighted by Crippen LogP contribution is 2.37. The third-order valence-electron chi connectivity index (χ3n) is 5.18. The molecule has 2 N–H and O–H groups in total. The predicted molar refractivity (Wildman–Crippen MR) is 76.6 cm³/mol. The van der Waals surface area contributed by atoms with Gasteiger partial charge in [-0.2, -0.15) is 0 Å². The van der Waals surface area contributed by atoms with Gasteiger partial charge in [-0.1, -0.05) is 19.3 Å². The van der Waals surface area contributed by atoms with Crippen LogP contribution in [0.4, 0.5) is 0 Å². The first-order valence-corrected chi connectivity index (χ1v) is 8.07. The SMILES string of the molecule is O=C(O)C1CCC(C(=O)OCC2(CO)CCCCC2)CC1. The number of aliphatic hydroxyl groups is 1. The molecule has 0 atom stereocenters. The zero-order valence-corrected chi connectivity index (χ0v) is 12.6. The summed E-state index contributed by atoms with van der Waals surface area (Å²) in [5.74, 6) is -1.45. The highest BCUT2D eigenvalue weighted by Gasteiger charge is 2.35. The number of aliphatic hydroxyl groups excluding tert-OH is 1. The Balaban J connectivity index is 1.78. The summed E-state index contributed by atoms with van der Waals surface area (Å²) in [7, 11) is 0. The van der Waals surface area contributed by atoms with Crippen molar-refractivity contribution in [2.24, 2.45) is 17.3 Å². The van der Waals surface area contributed by atoms with Gasteiger partial charge >= 0.3 is 11.9 Å². The second kappa shape index (κ2) is 7.25. The molecule has 2 fully saturated rings. The molecule has 21 heavy (non-hydrogen) atoms. The van der Waals surface area contributed by atoms with E-state index in [1.807, 2.05) is 0 Å². The minimum absolute atomic E-state index is 0.0754. The number of esters is 1. The van der Waals surface area contributed by atoms with E-state index in [4.69, 9.17) is 9.84 Å². The monoisotopic (exact) mass is 298 g/mol. The number of carboxylic acid groups (broad SMARTS) is 1. The van der Waals surface area contributed by atoms with Crippen LogP contribution in [0.3, 0.4) is 0 Å². The maximum atomic E-state index is 12.1. The van der Waals surface area contributed by atoms with Crippen molar-refractivity contribution in [2.45, 2.75) is 57.8 Å². The van der Waals surface area contributed by atoms with E-state index < -0.39 is 5.97 Å². The lowest BCUT2D eigenvalue weighted by Gasteiger charge is -2.35. The zero-order valence-electron chi connectivity index (χ0n) is 12.6. The van der Waals surface area contributed by atoms with Gasteiger partial charge in [0.15, 0.2) is 0 Å². The van der Waals surface area contributed by atoms with Crippen LogP contribution in [0.5, 0.6) is 0 Å². The summed E-state index contributed by atoms with van der Waals surface area (Å²) in [6, 6.07) is 0. The van der Waals surface area contributed by atoms with Gasteiger partial charge in [0.05, 0.1) is 25.0 Å². The average Bonchev–Trinajstić information content (AvgIpc) is 2.53. The summed E-state index contributed by atoms with van der Waals surface area (Å²) in [6.07, 6.45) is 7.51. The van der Waals surface area contributed by atoms with Gasteiger partial charge in [0, 0.05) is 5.41 Å². The third kappa shape index (κ3) is 4.19. The van der Waals surface area contributed by atoms with Crippen LogP contribution >= 0.6 is 0 Å². The van der Waals surface area contributed by atoms with Crippen LogP contribution in [-0.4, -0.2) is 35.4 Å². The van der Waals surface area contributed by atoms with E-state index >= 15 is 0 Å². The molecule has 0 aromatic heterocycles. The molecule has 5 heteroatoms. The number of hydrogen-bond acceptors (Lipinski definition) is 4. The largest absolute Gasteiger partial charge is 0.481 e. The number of carbonyl (C=O) groups is 2. The van der Waals surface area contributed by atoms with Gasteiger partial charge in [0.25, 0.3) is 0 Å². The Morgan fingerprint density at radius 2 is 1.57 bits per heavy atom. The van der Waals surface area contributed by atoms with Crippen LogP contribution in [0.1, 0.15) is 57.8 Å². The van der Waals surface area contributed by atoms with Crippen molar-refractivity contribution in [3.63, 3.8) is 0 Å². The smallest absolute Gasteiger partial charge is 0.308 e. The summed E-state index contributed by atoms with van der Waals surface area (Å²) in [5, 5.41) is 18.6. The molecule has 120 valence electrons. The molecule has 0 radical (unpaired) electrons. The summed E-state index contributed by atoms with van der Waals surface area (Å²) in [5.41, 5.74) is -0.244. The summed E-state index contributed by atoms with van der Waals surface area (Å²) >= 11 is 0. The Morgan fingerprint density at radius 3 is 2.10 bits per heavy atom. The zero-order chi connectivity index (χ0) is 15.3. The van der Waals surface area contributed by atoms with Crippen molar-refractivity contribution in [3.05, 3.63) is 0 Å². The van der Waals surface area contributed by atoms with E-state index in [-0.39, 0.29) is 29.8 Å². The summed E-state index contributed by atoms with van der Waals surface area (Å²) in [4.78, 5) is 23.0. The molecule has 0 heterocycles. The molecule has 2 aliphatic carbocycles. The van der Waals surface area contributed by atoms with Crippen molar-refractivity contribution < 1.29 is 24.5 Å². The lowest BCUT2D eigenvalue weighted by Crippen LogP contribution is -2.36. The topological polar surface area (TPSA) is 83.8 Å². The Morgan fingerprint density at radius 1 is 1.00 bits per heavy atom. The molecule has 2 saturated carbocycles. The molecule has 0 aliphatic heterocycles. The van der Waals surface area contributed by atoms with E-state index in [2.05, 4.69) is 0 Å². The number of aliphatic carboxylic acids is 1. The standard InChI is InChI=1S/C16H26O5/c17-10-16(8-2-1-3-9-16)11-21-15(20)13-6-4-12(5-7-13)14(18)19/h12-13,17H,1-11H2,(H,18,19). The van der Waals surface area contributed by atoms with Gasteiger partial charge in [0.2, 0.25) is 0 Å². The lowest BCUT2D eigenvalue weighted by atomic mass is 9.75. The van der Waals surface area contributed by atoms with Crippen LogP contribution in [-0.2, 0) is 14.3 Å². The Bertz CT molecular complexity index is 365. The highest BCUT2D eigenvalue weighted by atomic mass is 16.5. The van der Waals surface area contributed by atoms with Crippen molar-refractivity contribution >= 4 is 11.9 Å². The fourth-order valence-corrected chi connectivity index (χ4v) is 3.57. The van der Waals surface area contributed by atoms with Crippen molar-refractivity contribution in [2.75, 3.05) is 13.2 Å². The van der Waals surface area contributed by atoms with E-state index in [9.17, 15) is 14.7 Å². The van der Waals surface area contributed by atoms with Gasteiger partial charge in [-0.25, -0.2) is 0 Å². The van der Waals surface area contributed by atoms with E-state index in [0.717, 1.165) is 25.7 Å². The Hall–Kier alpha value is -1.10. The second-order valence-corrected chi connectivity index (χ2v) is 6.71. The first kappa shape index (κ1) is 16.3. The molecule has 0 bridgehead atoms. The fourth-order valence-electron chi connectivity index (χ4n) is 3.57. The molecular weight excluding hydrogens is 272 g/mol. The Labute approximate surface area is 125 Å². The Kier molecular flexibility index (Phi) is 5.62. The summed E-state index contributed by atoms with van der Waals surface area (Å²) in [6.45, 7) is 0.382. The molecule has 0 aromatic carbocycles. The molecular formula is C16H26O5. The van der Waals surface area contributed by atoms with Crippen molar-refractivity contribution in [3.8, 4) is 0 Å². The van der Waals surface area contributed by atoms with Gasteiger partial charge in [-0.05, 0) is 38.5 Å². The molecule has 0 aromatic rings.